The van der Waals surface area contributed by atoms with Gasteiger partial charge in [0.25, 0.3) is 0 Å². The van der Waals surface area contributed by atoms with Crippen LogP contribution in [0.1, 0.15) is 24.3 Å². The molecule has 1 aromatic carbocycles. The Morgan fingerprint density at radius 3 is 2.64 bits per heavy atom. The first-order valence-corrected chi connectivity index (χ1v) is 8.25. The van der Waals surface area contributed by atoms with Crippen LogP contribution in [-0.2, 0) is 5.41 Å². The van der Waals surface area contributed by atoms with Gasteiger partial charge in [-0.05, 0) is 25.6 Å². The van der Waals surface area contributed by atoms with Crippen LogP contribution in [0.5, 0.6) is 0 Å². The number of benzene rings is 1. The number of nitrogens with zero attached hydrogens (tertiary/aromatic N) is 2. The van der Waals surface area contributed by atoms with E-state index in [1.54, 1.807) is 12.3 Å². The van der Waals surface area contributed by atoms with Crippen LogP contribution in [0.4, 0.5) is 5.95 Å². The summed E-state index contributed by atoms with van der Waals surface area (Å²) in [7, 11) is 1.81. The summed E-state index contributed by atoms with van der Waals surface area (Å²) in [5.41, 5.74) is 6.70. The molecule has 7 nitrogen and oxygen atoms in total. The van der Waals surface area contributed by atoms with Crippen molar-refractivity contribution >= 4 is 12.2 Å². The lowest BCUT2D eigenvalue weighted by Crippen LogP contribution is -2.45. The maximum atomic E-state index is 10.5. The van der Waals surface area contributed by atoms with E-state index in [1.165, 1.54) is 6.21 Å². The van der Waals surface area contributed by atoms with E-state index < -0.39 is 11.5 Å². The van der Waals surface area contributed by atoms with E-state index in [4.69, 9.17) is 11.1 Å². The fourth-order valence-corrected chi connectivity index (χ4v) is 2.69. The Bertz CT molecular complexity index is 680. The highest BCUT2D eigenvalue weighted by atomic mass is 16.3. The van der Waals surface area contributed by atoms with Gasteiger partial charge in [-0.2, -0.15) is 0 Å². The smallest absolute Gasteiger partial charge is 0.223 e. The number of aliphatic hydroxyl groups excluding tert-OH is 1. The van der Waals surface area contributed by atoms with Crippen molar-refractivity contribution in [2.75, 3.05) is 25.5 Å². The summed E-state index contributed by atoms with van der Waals surface area (Å²) < 4.78 is 0. The van der Waals surface area contributed by atoms with E-state index in [0.29, 0.717) is 18.2 Å². The van der Waals surface area contributed by atoms with Crippen LogP contribution >= 0.6 is 0 Å². The second-order valence-corrected chi connectivity index (χ2v) is 6.09. The van der Waals surface area contributed by atoms with Crippen molar-refractivity contribution in [3.8, 4) is 0 Å². The zero-order chi connectivity index (χ0) is 18.3. The Labute approximate surface area is 148 Å². The molecule has 1 aromatic heterocycles. The molecule has 2 rings (SSSR count). The molecule has 0 radical (unpaired) electrons. The lowest BCUT2D eigenvalue weighted by atomic mass is 9.85. The lowest BCUT2D eigenvalue weighted by Gasteiger charge is -2.28. The van der Waals surface area contributed by atoms with E-state index in [9.17, 15) is 5.11 Å². The van der Waals surface area contributed by atoms with Gasteiger partial charge in [0.2, 0.25) is 5.95 Å². The van der Waals surface area contributed by atoms with E-state index in [1.807, 2.05) is 44.3 Å². The van der Waals surface area contributed by atoms with Crippen molar-refractivity contribution < 1.29 is 5.11 Å². The number of nitrogens with two attached hydrogens (primary N) is 1. The normalized spacial score (nSPS) is 15.8. The summed E-state index contributed by atoms with van der Waals surface area (Å²) in [5, 5.41) is 24.4. The zero-order valence-corrected chi connectivity index (χ0v) is 14.6. The van der Waals surface area contributed by atoms with Crippen LogP contribution in [0.15, 0.2) is 42.6 Å². The predicted octanol–water partition coefficient (Wildman–Crippen LogP) is 1.08. The van der Waals surface area contributed by atoms with Crippen molar-refractivity contribution in [1.29, 1.82) is 5.41 Å². The summed E-state index contributed by atoms with van der Waals surface area (Å²) in [6.07, 6.45) is 2.26. The van der Waals surface area contributed by atoms with Crippen molar-refractivity contribution in [2.24, 2.45) is 5.73 Å². The summed E-state index contributed by atoms with van der Waals surface area (Å²) >= 11 is 0. The average molecular weight is 342 g/mol. The number of likely N-dealkylation sites (N-methyl/N-ethyl adjacent to an activating group) is 1. The van der Waals surface area contributed by atoms with Crippen LogP contribution in [0.3, 0.4) is 0 Å². The molecule has 0 fully saturated rings. The molecule has 2 unspecified atom stereocenters. The van der Waals surface area contributed by atoms with E-state index in [0.717, 1.165) is 5.56 Å². The highest BCUT2D eigenvalue weighted by Gasteiger charge is 2.30. The number of hydrogen-bond acceptors (Lipinski definition) is 7. The summed E-state index contributed by atoms with van der Waals surface area (Å²) in [6.45, 7) is 2.63. The third-order valence-corrected chi connectivity index (χ3v) is 4.27. The predicted molar refractivity (Wildman–Crippen MR) is 100.0 cm³/mol. The van der Waals surface area contributed by atoms with Crippen molar-refractivity contribution in [1.82, 2.24) is 15.3 Å². The monoisotopic (exact) mass is 342 g/mol. The molecule has 0 saturated heterocycles. The van der Waals surface area contributed by atoms with Crippen molar-refractivity contribution in [3.63, 3.8) is 0 Å². The minimum Gasteiger partial charge on any atom is -0.386 e. The van der Waals surface area contributed by atoms with Crippen LogP contribution in [0, 0.1) is 5.41 Å². The number of aromatic nitrogens is 2. The van der Waals surface area contributed by atoms with Gasteiger partial charge in [0.05, 0.1) is 23.3 Å². The molecule has 2 aromatic rings. The molecular formula is C18H26N6O. The maximum Gasteiger partial charge on any atom is 0.223 e. The van der Waals surface area contributed by atoms with Gasteiger partial charge in [0.1, 0.15) is 0 Å². The molecule has 0 aliphatic heterocycles. The molecule has 25 heavy (non-hydrogen) atoms. The topological polar surface area (TPSA) is 120 Å². The molecule has 7 heteroatoms. The van der Waals surface area contributed by atoms with Gasteiger partial charge < -0.3 is 26.9 Å². The first-order chi connectivity index (χ1) is 12.1. The van der Waals surface area contributed by atoms with Gasteiger partial charge in [0, 0.05) is 25.5 Å². The maximum absolute atomic E-state index is 10.5. The largest absolute Gasteiger partial charge is 0.386 e. The molecule has 3 atom stereocenters. The summed E-state index contributed by atoms with van der Waals surface area (Å²) in [4.78, 5) is 8.75. The third-order valence-electron chi connectivity index (χ3n) is 4.27. The van der Waals surface area contributed by atoms with Gasteiger partial charge in [-0.1, -0.05) is 30.3 Å². The van der Waals surface area contributed by atoms with Gasteiger partial charge in [-0.25, -0.2) is 9.97 Å². The molecule has 6 N–H and O–H groups in total. The standard InChI is InChI=1S/C18H26N6O/c1-13(16(25)14-6-4-3-5-7-14)23-17-22-9-8-15(24-17)18(10-19,11-20)12-21-2/h3-10,13,16,19,21,25H,11-12,20H2,1-2H3,(H,22,23,24)/t13-,16?,18?/m0/s1. The number of hydrogen-bond donors (Lipinski definition) is 5. The van der Waals surface area contributed by atoms with Gasteiger partial charge in [-0.3, -0.25) is 0 Å². The fraction of sp³-hybridized carbons (Fsp3) is 0.389. The molecule has 0 saturated carbocycles. The van der Waals surface area contributed by atoms with E-state index in [2.05, 4.69) is 20.6 Å². The number of rotatable bonds is 9. The van der Waals surface area contributed by atoms with Crippen LogP contribution in [0.2, 0.25) is 0 Å². The molecule has 1 heterocycles. The first kappa shape index (κ1) is 19.0. The highest BCUT2D eigenvalue weighted by molar-refractivity contribution is 5.71. The van der Waals surface area contributed by atoms with E-state index in [-0.39, 0.29) is 12.6 Å². The average Bonchev–Trinajstić information content (AvgIpc) is 2.66. The molecule has 0 aliphatic carbocycles. The molecular weight excluding hydrogens is 316 g/mol. The summed E-state index contributed by atoms with van der Waals surface area (Å²) in [6, 6.07) is 10.9. The molecule has 0 spiro atoms. The highest BCUT2D eigenvalue weighted by Crippen LogP contribution is 2.21. The van der Waals surface area contributed by atoms with Gasteiger partial charge in [-0.15, -0.1) is 0 Å². The Hall–Kier alpha value is -2.35. The van der Waals surface area contributed by atoms with Gasteiger partial charge >= 0.3 is 0 Å². The minimum absolute atomic E-state index is 0.260. The minimum atomic E-state index is -0.687. The van der Waals surface area contributed by atoms with Crippen LogP contribution in [-0.4, -0.2) is 47.5 Å². The summed E-state index contributed by atoms with van der Waals surface area (Å²) in [5.74, 6) is 0.399. The van der Waals surface area contributed by atoms with Crippen LogP contribution < -0.4 is 16.4 Å². The molecule has 0 amide bonds. The number of nitrogens with one attached hydrogen (secondary N) is 3. The quantitative estimate of drug-likeness (QED) is 0.435. The number of aliphatic hydroxyl groups is 1. The Balaban J connectivity index is 2.19. The van der Waals surface area contributed by atoms with Gasteiger partial charge in [0.15, 0.2) is 0 Å². The molecule has 134 valence electrons. The molecule has 0 bridgehead atoms. The molecule has 0 aliphatic rings. The Morgan fingerprint density at radius 2 is 2.04 bits per heavy atom. The van der Waals surface area contributed by atoms with Crippen molar-refractivity contribution in [2.45, 2.75) is 24.5 Å². The SMILES string of the molecule is CNCC(C=N)(CN)c1ccnc(N[C@@H](C)C(O)c2ccccc2)n1. The Morgan fingerprint density at radius 1 is 1.32 bits per heavy atom. The fourth-order valence-electron chi connectivity index (χ4n) is 2.69. The van der Waals surface area contributed by atoms with Crippen molar-refractivity contribution in [3.05, 3.63) is 53.9 Å². The zero-order valence-electron chi connectivity index (χ0n) is 14.6. The Kier molecular flexibility index (Phi) is 6.58. The van der Waals surface area contributed by atoms with Crippen LogP contribution in [0.25, 0.3) is 0 Å². The lowest BCUT2D eigenvalue weighted by molar-refractivity contribution is 0.160. The second kappa shape index (κ2) is 8.66. The third kappa shape index (κ3) is 4.39. The van der Waals surface area contributed by atoms with E-state index >= 15 is 0 Å². The number of anilines is 1. The first-order valence-electron chi connectivity index (χ1n) is 8.25. The second-order valence-electron chi connectivity index (χ2n) is 6.09.